The van der Waals surface area contributed by atoms with Gasteiger partial charge in [0.25, 0.3) is 0 Å². The van der Waals surface area contributed by atoms with Crippen molar-refractivity contribution in [1.29, 1.82) is 0 Å². The Morgan fingerprint density at radius 3 is 1.75 bits per heavy atom. The molecule has 1 atom stereocenters. The van der Waals surface area contributed by atoms with Gasteiger partial charge in [-0.1, -0.05) is 0 Å². The second-order valence-electron chi connectivity index (χ2n) is 4.32. The van der Waals surface area contributed by atoms with Crippen molar-refractivity contribution in [2.24, 2.45) is 11.7 Å². The number of nitrogens with two attached hydrogens (primary N) is 1. The number of aliphatic hydroxyl groups is 1. The normalized spacial score (nSPS) is 18.4. The van der Waals surface area contributed by atoms with Crippen LogP contribution in [-0.4, -0.2) is 34.0 Å². The topological polar surface area (TPSA) is 83.5 Å². The molecule has 16 heavy (non-hydrogen) atoms. The van der Waals surface area contributed by atoms with Gasteiger partial charge in [0.2, 0.25) is 0 Å². The Labute approximate surface area is 91.2 Å². The molecule has 0 bridgehead atoms. The molecule has 4 N–H and O–H groups in total. The van der Waals surface area contributed by atoms with Crippen molar-refractivity contribution in [3.05, 3.63) is 0 Å². The number of hydrogen-bond acceptors (Lipinski definition) is 3. The van der Waals surface area contributed by atoms with E-state index in [0.717, 1.165) is 0 Å². The first-order valence-corrected chi connectivity index (χ1v) is 4.74. The summed E-state index contributed by atoms with van der Waals surface area (Å²) in [6.45, 7) is 3.55. The predicted octanol–water partition coefficient (Wildman–Crippen LogP) is 1.13. The van der Waals surface area contributed by atoms with Crippen LogP contribution in [-0.2, 0) is 4.79 Å². The Morgan fingerprint density at radius 2 is 1.69 bits per heavy atom. The molecule has 1 aliphatic carbocycles. The lowest BCUT2D eigenvalue weighted by Crippen LogP contribution is -2.44. The van der Waals surface area contributed by atoms with Crippen LogP contribution in [0.2, 0.25) is 0 Å². The van der Waals surface area contributed by atoms with E-state index in [-0.39, 0.29) is 6.04 Å². The summed E-state index contributed by atoms with van der Waals surface area (Å²) < 4.78 is 31.7. The van der Waals surface area contributed by atoms with Crippen molar-refractivity contribution >= 4 is 5.97 Å². The second kappa shape index (κ2) is 5.01. The molecule has 0 unspecified atom stereocenters. The molecule has 4 nitrogen and oxygen atoms in total. The van der Waals surface area contributed by atoms with E-state index in [1.807, 2.05) is 0 Å². The van der Waals surface area contributed by atoms with Crippen molar-refractivity contribution in [2.45, 2.75) is 44.5 Å². The molecule has 0 aromatic heterocycles. The van der Waals surface area contributed by atoms with Gasteiger partial charge in [-0.2, -0.15) is 13.2 Å². The Balaban J connectivity index is 0.000000293. The molecule has 0 aromatic carbocycles. The van der Waals surface area contributed by atoms with Crippen molar-refractivity contribution in [3.8, 4) is 0 Å². The average Bonchev–Trinajstić information content (AvgIpc) is 2.82. The minimum Gasteiger partial charge on any atom is -0.475 e. The lowest BCUT2D eigenvalue weighted by Gasteiger charge is -2.25. The molecule has 1 aliphatic rings. The van der Waals surface area contributed by atoms with E-state index in [9.17, 15) is 18.3 Å². The SMILES string of the molecule is CC(C)(O)[C@H](N)C1CC1.O=C(O)C(F)(F)F. The van der Waals surface area contributed by atoms with E-state index in [4.69, 9.17) is 15.6 Å². The molecular formula is C9H16F3NO3. The quantitative estimate of drug-likeness (QED) is 0.678. The fourth-order valence-electron chi connectivity index (χ4n) is 1.03. The number of rotatable bonds is 2. The van der Waals surface area contributed by atoms with Crippen LogP contribution < -0.4 is 5.73 Å². The van der Waals surface area contributed by atoms with Crippen molar-refractivity contribution in [3.63, 3.8) is 0 Å². The lowest BCUT2D eigenvalue weighted by atomic mass is 9.96. The van der Waals surface area contributed by atoms with Crippen LogP contribution in [0.3, 0.4) is 0 Å². The van der Waals surface area contributed by atoms with Crippen LogP contribution in [0.25, 0.3) is 0 Å². The Kier molecular flexibility index (Phi) is 4.75. The van der Waals surface area contributed by atoms with Gasteiger partial charge in [-0.25, -0.2) is 4.79 Å². The van der Waals surface area contributed by atoms with Gasteiger partial charge >= 0.3 is 12.1 Å². The van der Waals surface area contributed by atoms with E-state index >= 15 is 0 Å². The summed E-state index contributed by atoms with van der Waals surface area (Å²) in [5.74, 6) is -2.17. The third kappa shape index (κ3) is 5.92. The molecule has 0 aliphatic heterocycles. The highest BCUT2D eigenvalue weighted by molar-refractivity contribution is 5.73. The molecule has 96 valence electrons. The van der Waals surface area contributed by atoms with Crippen molar-refractivity contribution in [2.75, 3.05) is 0 Å². The highest BCUT2D eigenvalue weighted by atomic mass is 19.4. The number of carboxylic acids is 1. The van der Waals surface area contributed by atoms with Crippen LogP contribution in [0.4, 0.5) is 13.2 Å². The largest absolute Gasteiger partial charge is 0.490 e. The standard InChI is InChI=1S/C7H15NO.C2HF3O2/c1-7(2,9)6(8)5-3-4-5;3-2(4,5)1(6)7/h5-6,9H,3-4,8H2,1-2H3;(H,6,7)/t6-;/m1./s1. The monoisotopic (exact) mass is 243 g/mol. The Hall–Kier alpha value is -0.820. The van der Waals surface area contributed by atoms with Crippen LogP contribution in [0.15, 0.2) is 0 Å². The smallest absolute Gasteiger partial charge is 0.475 e. The van der Waals surface area contributed by atoms with Gasteiger partial charge in [0.05, 0.1) is 5.60 Å². The molecule has 0 radical (unpaired) electrons. The van der Waals surface area contributed by atoms with Gasteiger partial charge in [-0.15, -0.1) is 0 Å². The zero-order valence-electron chi connectivity index (χ0n) is 9.08. The van der Waals surface area contributed by atoms with E-state index in [2.05, 4.69) is 0 Å². The molecule has 0 saturated heterocycles. The van der Waals surface area contributed by atoms with Crippen LogP contribution in [0.5, 0.6) is 0 Å². The first-order chi connectivity index (χ1) is 6.96. The number of halogens is 3. The second-order valence-corrected chi connectivity index (χ2v) is 4.32. The first-order valence-electron chi connectivity index (χ1n) is 4.74. The highest BCUT2D eigenvalue weighted by Gasteiger charge is 2.38. The molecule has 1 rings (SSSR count). The van der Waals surface area contributed by atoms with Crippen molar-refractivity contribution in [1.82, 2.24) is 0 Å². The van der Waals surface area contributed by atoms with E-state index < -0.39 is 17.7 Å². The van der Waals surface area contributed by atoms with E-state index in [1.165, 1.54) is 12.8 Å². The summed E-state index contributed by atoms with van der Waals surface area (Å²) in [6.07, 6.45) is -2.68. The minimum absolute atomic E-state index is 0.0162. The molecule has 0 spiro atoms. The maximum atomic E-state index is 10.6. The highest BCUT2D eigenvalue weighted by Crippen LogP contribution is 2.35. The van der Waals surface area contributed by atoms with Crippen LogP contribution in [0.1, 0.15) is 26.7 Å². The average molecular weight is 243 g/mol. The summed E-state index contributed by atoms with van der Waals surface area (Å²) in [7, 11) is 0. The van der Waals surface area contributed by atoms with Gasteiger partial charge in [0.15, 0.2) is 0 Å². The molecule has 1 saturated carbocycles. The summed E-state index contributed by atoms with van der Waals surface area (Å²) in [5.41, 5.74) is 5.03. The maximum absolute atomic E-state index is 10.6. The summed E-state index contributed by atoms with van der Waals surface area (Å²) in [6, 6.07) is -0.0162. The molecule has 0 amide bonds. The zero-order valence-corrected chi connectivity index (χ0v) is 9.08. The number of alkyl halides is 3. The Bertz CT molecular complexity index is 243. The van der Waals surface area contributed by atoms with Gasteiger partial charge < -0.3 is 15.9 Å². The third-order valence-corrected chi connectivity index (χ3v) is 2.19. The minimum atomic E-state index is -5.08. The fraction of sp³-hybridized carbons (Fsp3) is 0.889. The summed E-state index contributed by atoms with van der Waals surface area (Å²) >= 11 is 0. The maximum Gasteiger partial charge on any atom is 0.490 e. The summed E-state index contributed by atoms with van der Waals surface area (Å²) in [4.78, 5) is 8.90. The Morgan fingerprint density at radius 1 is 1.38 bits per heavy atom. The molecule has 0 heterocycles. The fourth-order valence-corrected chi connectivity index (χ4v) is 1.03. The number of aliphatic carboxylic acids is 1. The third-order valence-electron chi connectivity index (χ3n) is 2.19. The molecule has 7 heteroatoms. The molecule has 0 aromatic rings. The zero-order chi connectivity index (χ0) is 13.1. The van der Waals surface area contributed by atoms with Crippen LogP contribution in [0, 0.1) is 5.92 Å². The first kappa shape index (κ1) is 15.2. The molecular weight excluding hydrogens is 227 g/mol. The van der Waals surface area contributed by atoms with Gasteiger partial charge in [0.1, 0.15) is 0 Å². The predicted molar refractivity (Wildman–Crippen MR) is 50.7 cm³/mol. The van der Waals surface area contributed by atoms with E-state index in [0.29, 0.717) is 5.92 Å². The number of carbonyl (C=O) groups is 1. The molecule has 1 fully saturated rings. The van der Waals surface area contributed by atoms with Crippen LogP contribution >= 0.6 is 0 Å². The van der Waals surface area contributed by atoms with E-state index in [1.54, 1.807) is 13.8 Å². The lowest BCUT2D eigenvalue weighted by molar-refractivity contribution is -0.192. The summed E-state index contributed by atoms with van der Waals surface area (Å²) in [5, 5.41) is 16.5. The van der Waals surface area contributed by atoms with Crippen molar-refractivity contribution < 1.29 is 28.2 Å². The number of hydrogen-bond donors (Lipinski definition) is 3. The van der Waals surface area contributed by atoms with Gasteiger partial charge in [-0.3, -0.25) is 0 Å². The number of carboxylic acid groups (broad SMARTS) is 1. The van der Waals surface area contributed by atoms with Gasteiger partial charge in [-0.05, 0) is 32.6 Å². The van der Waals surface area contributed by atoms with Gasteiger partial charge in [0, 0.05) is 6.04 Å².